The van der Waals surface area contributed by atoms with Crippen molar-refractivity contribution in [1.82, 2.24) is 20.5 Å². The van der Waals surface area contributed by atoms with Gasteiger partial charge in [0.05, 0.1) is 0 Å². The van der Waals surface area contributed by atoms with E-state index < -0.39 is 47.0 Å². The van der Waals surface area contributed by atoms with Gasteiger partial charge < -0.3 is 31.4 Å². The Morgan fingerprint density at radius 1 is 1.36 bits per heavy atom. The number of allylic oxidation sites excluding steroid dienone is 1. The molecule has 5 rings (SSSR count). The molecular formula is C27H29ClN7O7S2+. The molecule has 2 unspecified atom stereocenters. The first-order valence-corrected chi connectivity index (χ1v) is 15.7. The van der Waals surface area contributed by atoms with E-state index in [4.69, 9.17) is 27.3 Å². The van der Waals surface area contributed by atoms with E-state index in [9.17, 15) is 24.3 Å². The second-order valence-electron chi connectivity index (χ2n) is 10.2. The summed E-state index contributed by atoms with van der Waals surface area (Å²) < 4.78 is 1.90. The maximum absolute atomic E-state index is 13.3. The van der Waals surface area contributed by atoms with Gasteiger partial charge in [-0.15, -0.1) is 11.8 Å². The third kappa shape index (κ3) is 6.15. The number of rotatable bonds is 12. The van der Waals surface area contributed by atoms with Crippen LogP contribution in [0.25, 0.3) is 6.08 Å². The summed E-state index contributed by atoms with van der Waals surface area (Å²) in [5.41, 5.74) is 7.79. The van der Waals surface area contributed by atoms with Crippen LogP contribution in [0.3, 0.4) is 0 Å². The molecule has 0 radical (unpaired) electrons. The van der Waals surface area contributed by atoms with E-state index in [1.54, 1.807) is 0 Å². The number of pyridine rings is 1. The fraction of sp³-hybridized carbons (Fsp3) is 0.370. The molecule has 2 aromatic heterocycles. The topological polar surface area (TPSA) is 200 Å². The van der Waals surface area contributed by atoms with Gasteiger partial charge in [-0.25, -0.2) is 19.1 Å². The minimum absolute atomic E-state index is 0.00496. The number of carboxylic acid groups (broad SMARTS) is 2. The highest BCUT2D eigenvalue weighted by atomic mass is 35.5. The van der Waals surface area contributed by atoms with Gasteiger partial charge in [-0.05, 0) is 32.5 Å². The van der Waals surface area contributed by atoms with Crippen LogP contribution in [0.2, 0.25) is 4.34 Å². The fourth-order valence-corrected chi connectivity index (χ4v) is 7.35. The van der Waals surface area contributed by atoms with Crippen LogP contribution in [-0.2, 0) is 30.6 Å². The molecule has 2 aliphatic heterocycles. The van der Waals surface area contributed by atoms with Gasteiger partial charge in [-0.1, -0.05) is 40.2 Å². The number of thiazole rings is 1. The Balaban J connectivity index is 1.33. The number of thioether (sulfide) groups is 1. The highest BCUT2D eigenvalue weighted by Crippen LogP contribution is 2.40. The maximum atomic E-state index is 13.3. The number of β-lactam (4-membered cyclic amide) rings is 1. The van der Waals surface area contributed by atoms with E-state index in [0.717, 1.165) is 29.9 Å². The van der Waals surface area contributed by atoms with E-state index in [1.165, 1.54) is 29.1 Å². The Kier molecular flexibility index (Phi) is 9.24. The number of hydrogen-bond donors (Lipinski definition) is 5. The lowest BCUT2D eigenvalue weighted by molar-refractivity contribution is -0.689. The minimum Gasteiger partial charge on any atom is -0.478 e. The first-order valence-electron chi connectivity index (χ1n) is 13.5. The molecule has 0 saturated carbocycles. The summed E-state index contributed by atoms with van der Waals surface area (Å²) in [6, 6.07) is 0.950. The Morgan fingerprint density at radius 2 is 2.14 bits per heavy atom. The summed E-state index contributed by atoms with van der Waals surface area (Å²) >= 11 is 8.35. The largest absolute Gasteiger partial charge is 0.478 e. The Labute approximate surface area is 264 Å². The van der Waals surface area contributed by atoms with Crippen molar-refractivity contribution in [2.24, 2.45) is 5.16 Å². The van der Waals surface area contributed by atoms with Crippen molar-refractivity contribution in [2.45, 2.75) is 43.3 Å². The van der Waals surface area contributed by atoms with Crippen molar-refractivity contribution >= 4 is 75.4 Å². The second kappa shape index (κ2) is 12.9. The average Bonchev–Trinajstić information content (AvgIpc) is 3.55. The van der Waals surface area contributed by atoms with Gasteiger partial charge in [-0.3, -0.25) is 14.5 Å². The molecule has 232 valence electrons. The first kappa shape index (κ1) is 31.4. The lowest BCUT2D eigenvalue weighted by Gasteiger charge is -2.49. The summed E-state index contributed by atoms with van der Waals surface area (Å²) in [6.07, 6.45) is 7.68. The quantitative estimate of drug-likeness (QED) is 0.0940. The van der Waals surface area contributed by atoms with Gasteiger partial charge in [0.1, 0.15) is 27.1 Å². The number of nitrogens with two attached hydrogens (primary N) is 1. The summed E-state index contributed by atoms with van der Waals surface area (Å²) in [6.45, 7) is 2.37. The molecule has 4 heterocycles. The fourth-order valence-electron chi connectivity index (χ4n) is 5.09. The first-order chi connectivity index (χ1) is 21.0. The van der Waals surface area contributed by atoms with Crippen LogP contribution < -0.4 is 20.9 Å². The van der Waals surface area contributed by atoms with Crippen molar-refractivity contribution < 1.29 is 38.8 Å². The zero-order valence-corrected chi connectivity index (χ0v) is 25.9. The van der Waals surface area contributed by atoms with Crippen LogP contribution in [-0.4, -0.2) is 86.4 Å². The molecule has 14 nitrogen and oxygen atoms in total. The molecule has 1 saturated heterocycles. The lowest BCUT2D eigenvalue weighted by atomic mass is 9.99. The van der Waals surface area contributed by atoms with E-state index in [1.807, 2.05) is 30.1 Å². The number of amides is 2. The summed E-state index contributed by atoms with van der Waals surface area (Å²) in [5, 5.41) is 27.9. The molecule has 1 aliphatic carbocycles. The standard InChI is InChI=1S/C27H28ClN7O7S2/c1-12(25(38)39)42-33-18(17-21(28)44-27(29)32-17)22(36)31-19-23(37)35-20(26(40)41)15(11-43-24(19)35)10-34-8-6-16-13(5-7-30-2)3-4-14(16)9-34/h3-4,6,8-9,12-13,19,24,30H,5,7,10-11H2,1-2H3,(H4-,29,31,32,36,38,39,40,41)/p+1/b33-18-/t12-,13?,19?,24+/m0/s1. The second-order valence-corrected chi connectivity index (χ2v) is 12.9. The van der Waals surface area contributed by atoms with E-state index >= 15 is 0 Å². The molecular weight excluding hydrogens is 634 g/mol. The van der Waals surface area contributed by atoms with Crippen LogP contribution in [0.4, 0.5) is 5.13 Å². The van der Waals surface area contributed by atoms with E-state index in [-0.39, 0.29) is 27.4 Å². The van der Waals surface area contributed by atoms with Crippen LogP contribution in [0.1, 0.15) is 36.1 Å². The number of nitrogens with one attached hydrogen (secondary N) is 2. The Hall–Kier alpha value is -3.99. The Bertz CT molecular complexity index is 1630. The molecule has 0 aromatic carbocycles. The predicted molar refractivity (Wildman–Crippen MR) is 163 cm³/mol. The number of oxime groups is 1. The molecule has 17 heteroatoms. The minimum atomic E-state index is -1.40. The average molecular weight is 663 g/mol. The normalized spacial score (nSPS) is 21.4. The SMILES string of the molecule is CNCCC1C=Cc2c[n+](CC3=C(C(=O)O)N4C(=O)C(NC(=O)/C(=N\O[C@@H](C)C(=O)O)c5nc(N)sc5Cl)[C@H]4SC3)ccc21. The third-order valence-electron chi connectivity index (χ3n) is 7.30. The molecule has 4 atom stereocenters. The van der Waals surface area contributed by atoms with Crippen LogP contribution >= 0.6 is 34.7 Å². The zero-order valence-electron chi connectivity index (χ0n) is 23.5. The Morgan fingerprint density at radius 3 is 2.80 bits per heavy atom. The van der Waals surface area contributed by atoms with Crippen molar-refractivity contribution in [1.29, 1.82) is 0 Å². The van der Waals surface area contributed by atoms with Crippen molar-refractivity contribution in [3.05, 3.63) is 57.0 Å². The van der Waals surface area contributed by atoms with Crippen molar-refractivity contribution in [2.75, 3.05) is 25.1 Å². The van der Waals surface area contributed by atoms with Gasteiger partial charge >= 0.3 is 11.9 Å². The summed E-state index contributed by atoms with van der Waals surface area (Å²) in [4.78, 5) is 60.2. The van der Waals surface area contributed by atoms with Gasteiger partial charge in [0, 0.05) is 28.9 Å². The number of carbonyl (C=O) groups excluding carboxylic acids is 2. The number of nitrogens with zero attached hydrogens (tertiary/aromatic N) is 4. The smallest absolute Gasteiger partial charge is 0.352 e. The molecule has 0 spiro atoms. The van der Waals surface area contributed by atoms with E-state index in [2.05, 4.69) is 32.9 Å². The number of carboxylic acids is 2. The predicted octanol–water partition coefficient (Wildman–Crippen LogP) is 1.02. The number of aliphatic carboxylic acids is 2. The van der Waals surface area contributed by atoms with Crippen LogP contribution in [0.5, 0.6) is 0 Å². The molecule has 6 N–H and O–H groups in total. The van der Waals surface area contributed by atoms with Crippen molar-refractivity contribution in [3.8, 4) is 0 Å². The third-order valence-corrected chi connectivity index (χ3v) is 9.72. The molecule has 1 fully saturated rings. The highest BCUT2D eigenvalue weighted by molar-refractivity contribution is 8.00. The maximum Gasteiger partial charge on any atom is 0.352 e. The molecule has 2 aromatic rings. The van der Waals surface area contributed by atoms with Gasteiger partial charge in [0.15, 0.2) is 29.8 Å². The van der Waals surface area contributed by atoms with E-state index in [0.29, 0.717) is 17.2 Å². The van der Waals surface area contributed by atoms with Gasteiger partial charge in [0.2, 0.25) is 6.10 Å². The van der Waals surface area contributed by atoms with Crippen LogP contribution in [0.15, 0.2) is 41.0 Å². The molecule has 3 aliphatic rings. The monoisotopic (exact) mass is 662 g/mol. The molecule has 2 amide bonds. The summed E-state index contributed by atoms with van der Waals surface area (Å²) in [5.74, 6) is -3.49. The number of nitrogen functional groups attached to an aromatic ring is 1. The van der Waals surface area contributed by atoms with Gasteiger partial charge in [-0.2, -0.15) is 0 Å². The van der Waals surface area contributed by atoms with Gasteiger partial charge in [0.25, 0.3) is 11.8 Å². The lowest BCUT2D eigenvalue weighted by Crippen LogP contribution is -2.71. The molecule has 0 bridgehead atoms. The number of carbonyl (C=O) groups is 4. The summed E-state index contributed by atoms with van der Waals surface area (Å²) in [7, 11) is 1.92. The number of halogens is 1. The highest BCUT2D eigenvalue weighted by Gasteiger charge is 2.55. The molecule has 44 heavy (non-hydrogen) atoms. The van der Waals surface area contributed by atoms with Crippen LogP contribution in [0, 0.1) is 0 Å². The number of hydrogen-bond acceptors (Lipinski definition) is 11. The number of anilines is 1. The number of fused-ring (bicyclic) bond motifs is 2. The number of aromatic nitrogens is 2. The zero-order chi connectivity index (χ0) is 31.7. The van der Waals surface area contributed by atoms with Crippen molar-refractivity contribution in [3.63, 3.8) is 0 Å².